The molecule has 1 aliphatic carbocycles. The standard InChI is InChI=1S/C49H95O13P/c1-3-5-7-9-11-13-15-17-19-20-21-22-24-25-27-29-31-33-35-37-42(50)59-39-41(40-60-63(57,58)62-49-47(55)45(53)44(52)46(54)48(49)56)61-43(51)38-36-34-32-30-28-26-23-18-16-14-12-10-8-6-4-2/h41,44-49,52-56H,3-40H2,1-2H3,(H,57,58)/t41-,44?,45-,46?,47?,48?,49?/m0/s1. The normalized spacial score (nSPS) is 21.6. The Bertz CT molecular complexity index is 1110. The lowest BCUT2D eigenvalue weighted by atomic mass is 9.85. The van der Waals surface area contributed by atoms with E-state index < -0.39 is 75.7 Å². The second-order valence-electron chi connectivity index (χ2n) is 18.4. The summed E-state index contributed by atoms with van der Waals surface area (Å²) in [5, 5.41) is 50.2. The summed E-state index contributed by atoms with van der Waals surface area (Å²) in [6.45, 7) is 3.35. The first-order chi connectivity index (χ1) is 30.4. The highest BCUT2D eigenvalue weighted by molar-refractivity contribution is 7.47. The zero-order chi connectivity index (χ0) is 46.4. The first-order valence-corrected chi connectivity index (χ1v) is 27.3. The number of hydrogen-bond acceptors (Lipinski definition) is 12. The van der Waals surface area contributed by atoms with Crippen molar-refractivity contribution >= 4 is 19.8 Å². The molecule has 0 aliphatic heterocycles. The minimum absolute atomic E-state index is 0.105. The zero-order valence-corrected chi connectivity index (χ0v) is 40.8. The summed E-state index contributed by atoms with van der Waals surface area (Å²) in [6, 6.07) is 0. The molecule has 0 bridgehead atoms. The number of carbonyl (C=O) groups is 2. The van der Waals surface area contributed by atoms with Gasteiger partial charge in [-0.05, 0) is 12.8 Å². The molecule has 0 aromatic carbocycles. The molecule has 6 unspecified atom stereocenters. The molecule has 63 heavy (non-hydrogen) atoms. The quantitative estimate of drug-likeness (QED) is 0.0191. The summed E-state index contributed by atoms with van der Waals surface area (Å²) < 4.78 is 33.6. The molecule has 1 fully saturated rings. The van der Waals surface area contributed by atoms with Crippen LogP contribution in [0, 0.1) is 0 Å². The van der Waals surface area contributed by atoms with Crippen LogP contribution in [-0.2, 0) is 32.7 Å². The van der Waals surface area contributed by atoms with Gasteiger partial charge < -0.3 is 39.9 Å². The molecule has 0 aromatic rings. The number of phosphoric ester groups is 1. The second kappa shape index (κ2) is 40.0. The van der Waals surface area contributed by atoms with E-state index in [2.05, 4.69) is 13.8 Å². The molecule has 1 saturated carbocycles. The van der Waals surface area contributed by atoms with E-state index in [4.69, 9.17) is 18.5 Å². The maximum absolute atomic E-state index is 12.8. The highest BCUT2D eigenvalue weighted by atomic mass is 31.2. The summed E-state index contributed by atoms with van der Waals surface area (Å²) in [4.78, 5) is 35.8. The van der Waals surface area contributed by atoms with Crippen LogP contribution in [0.25, 0.3) is 0 Å². The minimum Gasteiger partial charge on any atom is -0.462 e. The average Bonchev–Trinajstić information content (AvgIpc) is 3.26. The van der Waals surface area contributed by atoms with Gasteiger partial charge in [0.2, 0.25) is 0 Å². The van der Waals surface area contributed by atoms with Crippen LogP contribution in [-0.4, -0.2) is 98.3 Å². The highest BCUT2D eigenvalue weighted by Crippen LogP contribution is 2.47. The molecular formula is C49H95O13P. The molecule has 0 spiro atoms. The molecule has 1 rings (SSSR count). The Balaban J connectivity index is 2.37. The Morgan fingerprint density at radius 2 is 0.714 bits per heavy atom. The van der Waals surface area contributed by atoms with Gasteiger partial charge in [-0.25, -0.2) is 4.57 Å². The molecule has 0 saturated heterocycles. The third-order valence-electron chi connectivity index (χ3n) is 12.4. The van der Waals surface area contributed by atoms with Crippen LogP contribution in [0.15, 0.2) is 0 Å². The molecule has 14 heteroatoms. The maximum Gasteiger partial charge on any atom is 0.472 e. The summed E-state index contributed by atoms with van der Waals surface area (Å²) in [6.07, 6.45) is 28.6. The number of aliphatic hydroxyl groups excluding tert-OH is 5. The number of esters is 2. The number of carbonyl (C=O) groups excluding carboxylic acids is 2. The molecule has 0 amide bonds. The molecular weight excluding hydrogens is 827 g/mol. The molecule has 0 aromatic heterocycles. The Morgan fingerprint density at radius 1 is 0.429 bits per heavy atom. The van der Waals surface area contributed by atoms with Crippen molar-refractivity contribution in [1.29, 1.82) is 0 Å². The molecule has 374 valence electrons. The molecule has 0 heterocycles. The van der Waals surface area contributed by atoms with Gasteiger partial charge in [0.25, 0.3) is 0 Å². The van der Waals surface area contributed by atoms with Crippen molar-refractivity contribution in [1.82, 2.24) is 0 Å². The van der Waals surface area contributed by atoms with Crippen LogP contribution in [0.2, 0.25) is 0 Å². The van der Waals surface area contributed by atoms with Gasteiger partial charge in [-0.2, -0.15) is 0 Å². The van der Waals surface area contributed by atoms with Crippen LogP contribution < -0.4 is 0 Å². The van der Waals surface area contributed by atoms with Crippen LogP contribution in [0.1, 0.15) is 245 Å². The van der Waals surface area contributed by atoms with E-state index in [0.717, 1.165) is 38.5 Å². The number of unbranched alkanes of at least 4 members (excludes halogenated alkanes) is 32. The summed E-state index contributed by atoms with van der Waals surface area (Å²) in [7, 11) is -5.11. The molecule has 8 atom stereocenters. The van der Waals surface area contributed by atoms with Crippen molar-refractivity contribution < 1.29 is 63.1 Å². The van der Waals surface area contributed by atoms with E-state index in [1.165, 1.54) is 167 Å². The average molecular weight is 923 g/mol. The van der Waals surface area contributed by atoms with Gasteiger partial charge in [-0.3, -0.25) is 18.6 Å². The van der Waals surface area contributed by atoms with Gasteiger partial charge in [0.15, 0.2) is 6.10 Å². The van der Waals surface area contributed by atoms with E-state index >= 15 is 0 Å². The first-order valence-electron chi connectivity index (χ1n) is 25.8. The minimum atomic E-state index is -5.11. The van der Waals surface area contributed by atoms with E-state index in [1.807, 2.05) is 0 Å². The van der Waals surface area contributed by atoms with E-state index in [9.17, 15) is 44.6 Å². The first kappa shape index (κ1) is 59.9. The Morgan fingerprint density at radius 3 is 1.05 bits per heavy atom. The fourth-order valence-corrected chi connectivity index (χ4v) is 9.26. The lowest BCUT2D eigenvalue weighted by Gasteiger charge is -2.41. The monoisotopic (exact) mass is 923 g/mol. The number of rotatable bonds is 44. The number of ether oxygens (including phenoxy) is 2. The van der Waals surface area contributed by atoms with E-state index in [1.54, 1.807) is 0 Å². The van der Waals surface area contributed by atoms with Crippen LogP contribution >= 0.6 is 7.82 Å². The lowest BCUT2D eigenvalue weighted by molar-refractivity contribution is -0.220. The second-order valence-corrected chi connectivity index (χ2v) is 19.8. The van der Waals surface area contributed by atoms with E-state index in [-0.39, 0.29) is 12.8 Å². The van der Waals surface area contributed by atoms with Crippen molar-refractivity contribution in [2.24, 2.45) is 0 Å². The van der Waals surface area contributed by atoms with Gasteiger partial charge in [-0.15, -0.1) is 0 Å². The van der Waals surface area contributed by atoms with Crippen LogP contribution in [0.4, 0.5) is 0 Å². The van der Waals surface area contributed by atoms with E-state index in [0.29, 0.717) is 12.8 Å². The van der Waals surface area contributed by atoms with Gasteiger partial charge in [0, 0.05) is 12.8 Å². The summed E-state index contributed by atoms with van der Waals surface area (Å²) in [5.74, 6) is -1.08. The molecule has 0 radical (unpaired) electrons. The van der Waals surface area contributed by atoms with Crippen molar-refractivity contribution in [3.63, 3.8) is 0 Å². The van der Waals surface area contributed by atoms with Crippen molar-refractivity contribution in [3.05, 3.63) is 0 Å². The smallest absolute Gasteiger partial charge is 0.462 e. The number of aliphatic hydroxyl groups is 5. The van der Waals surface area contributed by atoms with Gasteiger partial charge >= 0.3 is 19.8 Å². The van der Waals surface area contributed by atoms with Crippen molar-refractivity contribution in [2.75, 3.05) is 13.2 Å². The Kier molecular flexibility index (Phi) is 38.0. The predicted molar refractivity (Wildman–Crippen MR) is 249 cm³/mol. The fourth-order valence-electron chi connectivity index (χ4n) is 8.29. The highest BCUT2D eigenvalue weighted by Gasteiger charge is 2.51. The van der Waals surface area contributed by atoms with Gasteiger partial charge in [0.05, 0.1) is 6.61 Å². The topological polar surface area (TPSA) is 210 Å². The molecule has 6 N–H and O–H groups in total. The lowest BCUT2D eigenvalue weighted by Crippen LogP contribution is -2.64. The fraction of sp³-hybridized carbons (Fsp3) is 0.959. The number of phosphoric acid groups is 1. The molecule has 1 aliphatic rings. The third kappa shape index (κ3) is 32.2. The van der Waals surface area contributed by atoms with Crippen LogP contribution in [0.5, 0.6) is 0 Å². The van der Waals surface area contributed by atoms with Gasteiger partial charge in [-0.1, -0.05) is 219 Å². The summed E-state index contributed by atoms with van der Waals surface area (Å²) in [5.41, 5.74) is 0. The van der Waals surface area contributed by atoms with Crippen molar-refractivity contribution in [2.45, 2.75) is 288 Å². The zero-order valence-electron chi connectivity index (χ0n) is 39.9. The predicted octanol–water partition coefficient (Wildman–Crippen LogP) is 10.8. The molecule has 13 nitrogen and oxygen atoms in total. The summed E-state index contributed by atoms with van der Waals surface area (Å²) >= 11 is 0. The SMILES string of the molecule is CCCCCCCCCCCCCCCCCCCCCC(=O)OC[C@@H](COP(=O)(O)OC1C(O)C(O)C(O)[C@H](O)C1O)OC(=O)CCCCCCCCCCCCCCCCC. The largest absolute Gasteiger partial charge is 0.472 e. The van der Waals surface area contributed by atoms with Crippen molar-refractivity contribution in [3.8, 4) is 0 Å². The Hall–Kier alpha value is -1.15. The maximum atomic E-state index is 12.8. The third-order valence-corrected chi connectivity index (χ3v) is 13.4. The number of hydrogen-bond donors (Lipinski definition) is 6. The van der Waals surface area contributed by atoms with Crippen LogP contribution in [0.3, 0.4) is 0 Å². The van der Waals surface area contributed by atoms with Gasteiger partial charge in [0.1, 0.15) is 43.2 Å². The Labute approximate surface area is 382 Å².